The number of carbonyl (C=O) groups excluding carboxylic acids is 1. The summed E-state index contributed by atoms with van der Waals surface area (Å²) in [5.41, 5.74) is 5.98. The highest BCUT2D eigenvalue weighted by atomic mass is 79.9. The predicted octanol–water partition coefficient (Wildman–Crippen LogP) is 2.17. The van der Waals surface area contributed by atoms with Crippen molar-refractivity contribution in [3.63, 3.8) is 0 Å². The van der Waals surface area contributed by atoms with Crippen molar-refractivity contribution in [3.05, 3.63) is 34.3 Å². The molecule has 1 aromatic rings. The van der Waals surface area contributed by atoms with Crippen molar-refractivity contribution in [2.24, 2.45) is 5.73 Å². The third kappa shape index (κ3) is 5.85. The quantitative estimate of drug-likeness (QED) is 0.732. The summed E-state index contributed by atoms with van der Waals surface area (Å²) < 4.78 is 11.1. The first-order valence-corrected chi connectivity index (χ1v) is 7.55. The zero-order valence-electron chi connectivity index (χ0n) is 13.2. The lowest BCUT2D eigenvalue weighted by molar-refractivity contribution is -0.138. The second-order valence-corrected chi connectivity index (χ2v) is 5.90. The standard InChI is InChI=1S/C15H23BrN2O3.ClH/c1-15(17,12-4-6-13(16)7-5-12)14(19)18(8-10-20-2)9-11-21-3;/h4-7H,8-11,17H2,1-3H3;1H. The summed E-state index contributed by atoms with van der Waals surface area (Å²) in [7, 11) is 3.21. The van der Waals surface area contributed by atoms with Gasteiger partial charge in [-0.1, -0.05) is 28.1 Å². The van der Waals surface area contributed by atoms with Crippen molar-refractivity contribution in [1.29, 1.82) is 0 Å². The molecule has 0 heterocycles. The first kappa shape index (κ1) is 21.3. The molecular weight excluding hydrogens is 372 g/mol. The first-order valence-electron chi connectivity index (χ1n) is 6.75. The van der Waals surface area contributed by atoms with E-state index in [2.05, 4.69) is 15.9 Å². The molecule has 0 aromatic heterocycles. The van der Waals surface area contributed by atoms with Gasteiger partial charge < -0.3 is 20.1 Å². The molecule has 22 heavy (non-hydrogen) atoms. The van der Waals surface area contributed by atoms with Crippen LogP contribution in [0.3, 0.4) is 0 Å². The second kappa shape index (κ2) is 10.2. The summed E-state index contributed by atoms with van der Waals surface area (Å²) in [5, 5.41) is 0. The van der Waals surface area contributed by atoms with Gasteiger partial charge in [-0.15, -0.1) is 12.4 Å². The Kier molecular flexibility index (Phi) is 9.87. The monoisotopic (exact) mass is 394 g/mol. The lowest BCUT2D eigenvalue weighted by atomic mass is 9.91. The highest BCUT2D eigenvalue weighted by Gasteiger charge is 2.34. The van der Waals surface area contributed by atoms with Crippen molar-refractivity contribution in [2.75, 3.05) is 40.5 Å². The molecule has 0 aliphatic carbocycles. The van der Waals surface area contributed by atoms with Gasteiger partial charge in [0.05, 0.1) is 13.2 Å². The molecule has 1 amide bonds. The van der Waals surface area contributed by atoms with E-state index in [1.165, 1.54) is 0 Å². The number of nitrogens with zero attached hydrogens (tertiary/aromatic N) is 1. The van der Waals surface area contributed by atoms with Crippen LogP contribution in [0.2, 0.25) is 0 Å². The second-order valence-electron chi connectivity index (χ2n) is 4.99. The van der Waals surface area contributed by atoms with Crippen LogP contribution < -0.4 is 5.73 Å². The highest BCUT2D eigenvalue weighted by molar-refractivity contribution is 9.10. The summed E-state index contributed by atoms with van der Waals surface area (Å²) in [4.78, 5) is 14.4. The predicted molar refractivity (Wildman–Crippen MR) is 93.3 cm³/mol. The van der Waals surface area contributed by atoms with Crippen molar-refractivity contribution >= 4 is 34.2 Å². The number of hydrogen-bond donors (Lipinski definition) is 1. The molecule has 0 spiro atoms. The lowest BCUT2D eigenvalue weighted by Crippen LogP contribution is -2.52. The normalized spacial score (nSPS) is 13.1. The number of methoxy groups -OCH3 is 2. The SMILES string of the molecule is COCCN(CCOC)C(=O)C(C)(N)c1ccc(Br)cc1.Cl. The number of amides is 1. The molecular formula is C15H24BrClN2O3. The Bertz CT molecular complexity index is 447. The van der Waals surface area contributed by atoms with E-state index in [0.717, 1.165) is 10.0 Å². The van der Waals surface area contributed by atoms with E-state index in [1.54, 1.807) is 26.0 Å². The van der Waals surface area contributed by atoms with E-state index in [1.807, 2.05) is 24.3 Å². The minimum Gasteiger partial charge on any atom is -0.383 e. The molecule has 126 valence electrons. The van der Waals surface area contributed by atoms with Gasteiger partial charge in [-0.25, -0.2) is 0 Å². The average molecular weight is 396 g/mol. The summed E-state index contributed by atoms with van der Waals surface area (Å²) in [5.74, 6) is -0.140. The molecule has 0 saturated carbocycles. The molecule has 1 rings (SSSR count). The fourth-order valence-corrected chi connectivity index (χ4v) is 2.23. The molecule has 1 atom stereocenters. The lowest BCUT2D eigenvalue weighted by Gasteiger charge is -2.32. The maximum Gasteiger partial charge on any atom is 0.247 e. The molecule has 1 aromatic carbocycles. The average Bonchev–Trinajstić information content (AvgIpc) is 2.47. The molecule has 7 heteroatoms. The number of carbonyl (C=O) groups is 1. The Balaban J connectivity index is 0.00000441. The highest BCUT2D eigenvalue weighted by Crippen LogP contribution is 2.22. The molecule has 0 radical (unpaired) electrons. The number of hydrogen-bond acceptors (Lipinski definition) is 4. The van der Waals surface area contributed by atoms with Crippen molar-refractivity contribution in [1.82, 2.24) is 4.90 Å². The fourth-order valence-electron chi connectivity index (χ4n) is 1.97. The van der Waals surface area contributed by atoms with Gasteiger partial charge in [-0.05, 0) is 24.6 Å². The summed E-state index contributed by atoms with van der Waals surface area (Å²) in [6.07, 6.45) is 0. The van der Waals surface area contributed by atoms with E-state index >= 15 is 0 Å². The van der Waals surface area contributed by atoms with Crippen LogP contribution in [0, 0.1) is 0 Å². The number of benzene rings is 1. The Labute approximate surface area is 146 Å². The molecule has 0 bridgehead atoms. The molecule has 0 aliphatic heterocycles. The third-order valence-electron chi connectivity index (χ3n) is 3.31. The van der Waals surface area contributed by atoms with Crippen molar-refractivity contribution in [2.45, 2.75) is 12.5 Å². The number of rotatable bonds is 8. The van der Waals surface area contributed by atoms with Crippen molar-refractivity contribution in [3.8, 4) is 0 Å². The Morgan fingerprint density at radius 2 is 1.64 bits per heavy atom. The summed E-state index contributed by atoms with van der Waals surface area (Å²) >= 11 is 3.38. The number of ether oxygens (including phenoxy) is 2. The van der Waals surface area contributed by atoms with Gasteiger partial charge in [0.25, 0.3) is 0 Å². The van der Waals surface area contributed by atoms with E-state index in [0.29, 0.717) is 26.3 Å². The maximum atomic E-state index is 12.7. The molecule has 0 fully saturated rings. The molecule has 0 aliphatic rings. The van der Waals surface area contributed by atoms with Gasteiger partial charge in [-0.3, -0.25) is 4.79 Å². The van der Waals surface area contributed by atoms with Gasteiger partial charge in [0.15, 0.2) is 0 Å². The van der Waals surface area contributed by atoms with Crippen LogP contribution in [-0.2, 0) is 19.8 Å². The molecule has 1 unspecified atom stereocenters. The largest absolute Gasteiger partial charge is 0.383 e. The van der Waals surface area contributed by atoms with Gasteiger partial charge in [0, 0.05) is 31.8 Å². The smallest absolute Gasteiger partial charge is 0.247 e. The van der Waals surface area contributed by atoms with Gasteiger partial charge in [-0.2, -0.15) is 0 Å². The topological polar surface area (TPSA) is 64.8 Å². The van der Waals surface area contributed by atoms with Gasteiger partial charge in [0.1, 0.15) is 5.54 Å². The molecule has 2 N–H and O–H groups in total. The minimum atomic E-state index is -1.08. The Hall–Kier alpha value is -0.660. The number of halogens is 2. The van der Waals surface area contributed by atoms with E-state index < -0.39 is 5.54 Å². The summed E-state index contributed by atoms with van der Waals surface area (Å²) in [6, 6.07) is 7.46. The van der Waals surface area contributed by atoms with Crippen LogP contribution in [-0.4, -0.2) is 51.3 Å². The van der Waals surface area contributed by atoms with Crippen LogP contribution in [0.25, 0.3) is 0 Å². The Morgan fingerprint density at radius 1 is 1.18 bits per heavy atom. The van der Waals surface area contributed by atoms with Gasteiger partial charge in [0.2, 0.25) is 5.91 Å². The number of nitrogens with two attached hydrogens (primary N) is 1. The zero-order chi connectivity index (χ0) is 15.9. The van der Waals surface area contributed by atoms with Crippen LogP contribution >= 0.6 is 28.3 Å². The molecule has 5 nitrogen and oxygen atoms in total. The third-order valence-corrected chi connectivity index (χ3v) is 3.83. The van der Waals surface area contributed by atoms with Crippen LogP contribution in [0.4, 0.5) is 0 Å². The zero-order valence-corrected chi connectivity index (χ0v) is 15.6. The van der Waals surface area contributed by atoms with E-state index in [4.69, 9.17) is 15.2 Å². The van der Waals surface area contributed by atoms with Crippen molar-refractivity contribution < 1.29 is 14.3 Å². The Morgan fingerprint density at radius 3 is 2.05 bits per heavy atom. The minimum absolute atomic E-state index is 0. The van der Waals surface area contributed by atoms with Crippen LogP contribution in [0.15, 0.2) is 28.7 Å². The van der Waals surface area contributed by atoms with E-state index in [-0.39, 0.29) is 18.3 Å². The molecule has 0 saturated heterocycles. The maximum absolute atomic E-state index is 12.7. The van der Waals surface area contributed by atoms with Gasteiger partial charge >= 0.3 is 0 Å². The first-order chi connectivity index (χ1) is 9.93. The van der Waals surface area contributed by atoms with Crippen LogP contribution in [0.5, 0.6) is 0 Å². The van der Waals surface area contributed by atoms with Crippen LogP contribution in [0.1, 0.15) is 12.5 Å². The van der Waals surface area contributed by atoms with E-state index in [9.17, 15) is 4.79 Å². The summed E-state index contributed by atoms with van der Waals surface area (Å²) in [6.45, 7) is 3.63. The fraction of sp³-hybridized carbons (Fsp3) is 0.533.